The van der Waals surface area contributed by atoms with E-state index in [0.717, 1.165) is 0 Å². The van der Waals surface area contributed by atoms with E-state index in [1.54, 1.807) is 13.0 Å². The van der Waals surface area contributed by atoms with Crippen LogP contribution in [0.4, 0.5) is 10.1 Å². The van der Waals surface area contributed by atoms with E-state index in [4.69, 9.17) is 0 Å². The van der Waals surface area contributed by atoms with E-state index < -0.39 is 15.1 Å². The Morgan fingerprint density at radius 1 is 1.43 bits per heavy atom. The van der Waals surface area contributed by atoms with E-state index in [2.05, 4.69) is 22.1 Å². The van der Waals surface area contributed by atoms with Gasteiger partial charge < -0.3 is 9.88 Å². The maximum absolute atomic E-state index is 13.0. The van der Waals surface area contributed by atoms with Crippen molar-refractivity contribution < 1.29 is 17.6 Å². The molecular weight excluding hydrogens is 403 g/mol. The molecule has 0 unspecified atom stereocenters. The number of halogens is 1. The number of rotatable bonds is 7. The van der Waals surface area contributed by atoms with Crippen molar-refractivity contribution in [1.29, 1.82) is 0 Å². The van der Waals surface area contributed by atoms with Crippen molar-refractivity contribution in [3.05, 3.63) is 48.6 Å². The summed E-state index contributed by atoms with van der Waals surface area (Å²) in [4.78, 5) is 12.4. The lowest BCUT2D eigenvalue weighted by Crippen LogP contribution is -2.23. The number of carbonyl (C=O) groups excluding carboxylic acids is 1. The number of benzene rings is 1. The molecule has 1 aliphatic heterocycles. The molecule has 28 heavy (non-hydrogen) atoms. The minimum atomic E-state index is -3.04. The van der Waals surface area contributed by atoms with Gasteiger partial charge in [0, 0.05) is 18.2 Å². The van der Waals surface area contributed by atoms with Crippen LogP contribution in [0.1, 0.15) is 25.1 Å². The average molecular weight is 425 g/mol. The van der Waals surface area contributed by atoms with Crippen LogP contribution in [0.2, 0.25) is 0 Å². The zero-order chi connectivity index (χ0) is 20.3. The van der Waals surface area contributed by atoms with Crippen LogP contribution in [0.25, 0.3) is 0 Å². The summed E-state index contributed by atoms with van der Waals surface area (Å²) in [5.41, 5.74) is 0.503. The summed E-state index contributed by atoms with van der Waals surface area (Å²) in [7, 11) is -3.04. The zero-order valence-corrected chi connectivity index (χ0v) is 17.0. The Hall–Kier alpha value is -2.20. The second-order valence-electron chi connectivity index (χ2n) is 6.60. The van der Waals surface area contributed by atoms with Crippen LogP contribution < -0.4 is 5.32 Å². The van der Waals surface area contributed by atoms with Gasteiger partial charge in [-0.25, -0.2) is 12.8 Å². The van der Waals surface area contributed by atoms with Crippen molar-refractivity contribution >= 4 is 33.2 Å². The van der Waals surface area contributed by atoms with Gasteiger partial charge in [-0.3, -0.25) is 4.79 Å². The number of allylic oxidation sites excluding steroid dienone is 1. The van der Waals surface area contributed by atoms with E-state index in [9.17, 15) is 17.6 Å². The van der Waals surface area contributed by atoms with Gasteiger partial charge in [-0.1, -0.05) is 17.8 Å². The summed E-state index contributed by atoms with van der Waals surface area (Å²) in [5.74, 6) is -0.00980. The molecule has 150 valence electrons. The predicted molar refractivity (Wildman–Crippen MR) is 107 cm³/mol. The molecule has 1 fully saturated rings. The van der Waals surface area contributed by atoms with Gasteiger partial charge in [0.2, 0.25) is 5.91 Å². The first-order chi connectivity index (χ1) is 13.3. The predicted octanol–water partition coefficient (Wildman–Crippen LogP) is 2.62. The number of aromatic nitrogens is 3. The van der Waals surface area contributed by atoms with Crippen LogP contribution in [0.3, 0.4) is 0 Å². The number of hydrogen-bond acceptors (Lipinski definition) is 6. The molecular formula is C18H21FN4O3S2. The smallest absolute Gasteiger partial charge is 0.237 e. The van der Waals surface area contributed by atoms with Gasteiger partial charge in [0.1, 0.15) is 11.6 Å². The molecule has 2 aromatic rings. The molecule has 1 N–H and O–H groups in total. The molecule has 1 aromatic heterocycles. The normalized spacial score (nSPS) is 19.3. The van der Waals surface area contributed by atoms with Crippen molar-refractivity contribution in [3.8, 4) is 0 Å². The van der Waals surface area contributed by atoms with Crippen molar-refractivity contribution in [2.24, 2.45) is 0 Å². The fourth-order valence-electron chi connectivity index (χ4n) is 2.98. The quantitative estimate of drug-likeness (QED) is 0.542. The van der Waals surface area contributed by atoms with Crippen LogP contribution in [-0.2, 0) is 21.2 Å². The number of hydrogen-bond donors (Lipinski definition) is 1. The molecule has 2 heterocycles. The Bertz CT molecular complexity index is 973. The maximum atomic E-state index is 13.0. The number of sulfone groups is 1. The molecule has 2 atom stereocenters. The number of nitrogens with zero attached hydrogens (tertiary/aromatic N) is 3. The molecule has 1 amide bonds. The van der Waals surface area contributed by atoms with Gasteiger partial charge in [0.05, 0.1) is 16.8 Å². The van der Waals surface area contributed by atoms with Crippen molar-refractivity contribution in [1.82, 2.24) is 14.8 Å². The van der Waals surface area contributed by atoms with Gasteiger partial charge in [0.15, 0.2) is 15.0 Å². The third-order valence-electron chi connectivity index (χ3n) is 4.42. The molecule has 7 nitrogen and oxygen atoms in total. The molecule has 0 saturated carbocycles. The van der Waals surface area contributed by atoms with E-state index >= 15 is 0 Å². The Kier molecular flexibility index (Phi) is 6.19. The van der Waals surface area contributed by atoms with Crippen LogP contribution >= 0.6 is 11.8 Å². The van der Waals surface area contributed by atoms with E-state index in [1.165, 1.54) is 36.0 Å². The lowest BCUT2D eigenvalue weighted by atomic mass is 10.1. The van der Waals surface area contributed by atoms with Gasteiger partial charge in [-0.05, 0) is 37.6 Å². The fraction of sp³-hybridized carbons (Fsp3) is 0.389. The van der Waals surface area contributed by atoms with Crippen LogP contribution in [0.5, 0.6) is 0 Å². The number of anilines is 1. The topological polar surface area (TPSA) is 93.9 Å². The monoisotopic (exact) mass is 424 g/mol. The first kappa shape index (κ1) is 20.5. The number of thioether (sulfide) groups is 1. The standard InChI is InChI=1S/C18H21FN4O3S2/c1-3-9-23-16(13-8-10-28(25,26)11-13)21-22-18(23)27-12(2)17(24)20-15-6-4-14(19)5-7-15/h3-7,12-13H,1,8-11H2,2H3,(H,20,24)/t12-,13+/m0/s1. The Balaban J connectivity index is 1.73. The molecule has 0 radical (unpaired) electrons. The summed E-state index contributed by atoms with van der Waals surface area (Å²) >= 11 is 1.23. The Labute approximate surface area is 167 Å². The van der Waals surface area contributed by atoms with Gasteiger partial charge in [-0.15, -0.1) is 16.8 Å². The van der Waals surface area contributed by atoms with E-state index in [0.29, 0.717) is 29.6 Å². The highest BCUT2D eigenvalue weighted by atomic mass is 32.2. The number of carbonyl (C=O) groups is 1. The molecule has 0 bridgehead atoms. The largest absolute Gasteiger partial charge is 0.325 e. The van der Waals surface area contributed by atoms with Crippen molar-refractivity contribution in [2.45, 2.75) is 36.2 Å². The Morgan fingerprint density at radius 2 is 2.14 bits per heavy atom. The summed E-state index contributed by atoms with van der Waals surface area (Å²) < 4.78 is 38.4. The average Bonchev–Trinajstić information content (AvgIpc) is 3.20. The summed E-state index contributed by atoms with van der Waals surface area (Å²) in [5, 5.41) is 11.1. The van der Waals surface area contributed by atoms with Gasteiger partial charge in [0.25, 0.3) is 0 Å². The fourth-order valence-corrected chi connectivity index (χ4v) is 5.58. The van der Waals surface area contributed by atoms with Crippen LogP contribution in [0.15, 0.2) is 42.1 Å². The van der Waals surface area contributed by atoms with E-state index in [-0.39, 0.29) is 29.1 Å². The maximum Gasteiger partial charge on any atom is 0.237 e. The number of amides is 1. The molecule has 3 rings (SSSR count). The third kappa shape index (κ3) is 4.79. The second kappa shape index (κ2) is 8.44. The number of nitrogens with one attached hydrogen (secondary N) is 1. The molecule has 1 saturated heterocycles. The summed E-state index contributed by atoms with van der Waals surface area (Å²) in [6, 6.07) is 5.53. The van der Waals surface area contributed by atoms with Gasteiger partial charge >= 0.3 is 0 Å². The molecule has 1 aromatic carbocycles. The van der Waals surface area contributed by atoms with Crippen molar-refractivity contribution in [3.63, 3.8) is 0 Å². The minimum absolute atomic E-state index is 0.0630. The SMILES string of the molecule is C=CCn1c(S[C@@H](C)C(=O)Nc2ccc(F)cc2)nnc1[C@@H]1CCS(=O)(=O)C1. The summed E-state index contributed by atoms with van der Waals surface area (Å²) in [6.07, 6.45) is 2.20. The van der Waals surface area contributed by atoms with Crippen LogP contribution in [-0.4, -0.2) is 45.8 Å². The molecule has 0 spiro atoms. The highest BCUT2D eigenvalue weighted by Crippen LogP contribution is 2.31. The molecule has 1 aliphatic rings. The minimum Gasteiger partial charge on any atom is -0.325 e. The summed E-state index contributed by atoms with van der Waals surface area (Å²) in [6.45, 7) is 5.89. The van der Waals surface area contributed by atoms with Crippen LogP contribution in [0, 0.1) is 5.82 Å². The highest BCUT2D eigenvalue weighted by molar-refractivity contribution is 8.00. The second-order valence-corrected chi connectivity index (χ2v) is 10.1. The lowest BCUT2D eigenvalue weighted by Gasteiger charge is -2.14. The Morgan fingerprint density at radius 3 is 2.75 bits per heavy atom. The van der Waals surface area contributed by atoms with E-state index in [1.807, 2.05) is 4.57 Å². The highest BCUT2D eigenvalue weighted by Gasteiger charge is 2.33. The first-order valence-corrected chi connectivity index (χ1v) is 11.5. The molecule has 10 heteroatoms. The first-order valence-electron chi connectivity index (χ1n) is 8.76. The van der Waals surface area contributed by atoms with Gasteiger partial charge in [-0.2, -0.15) is 0 Å². The van der Waals surface area contributed by atoms with Crippen molar-refractivity contribution in [2.75, 3.05) is 16.8 Å². The zero-order valence-electron chi connectivity index (χ0n) is 15.3. The third-order valence-corrected chi connectivity index (χ3v) is 7.27. The lowest BCUT2D eigenvalue weighted by molar-refractivity contribution is -0.115. The molecule has 0 aliphatic carbocycles.